The van der Waals surface area contributed by atoms with Gasteiger partial charge in [0.25, 0.3) is 0 Å². The average Bonchev–Trinajstić information content (AvgIpc) is 1.59. The van der Waals surface area contributed by atoms with Crippen molar-refractivity contribution in [2.24, 2.45) is 0 Å². The van der Waals surface area contributed by atoms with Gasteiger partial charge in [0.2, 0.25) is 0 Å². The van der Waals surface area contributed by atoms with Crippen molar-refractivity contribution in [2.45, 2.75) is 0 Å². The third-order valence-electron chi connectivity index (χ3n) is 28.4. The molecule has 0 spiro atoms. The molecule has 0 N–H and O–H groups in total. The maximum absolute atomic E-state index is 2.43. The van der Waals surface area contributed by atoms with Gasteiger partial charge in [-0.25, -0.2) is 0 Å². The Hall–Kier alpha value is -19.4. The molecule has 0 aliphatic carbocycles. The van der Waals surface area contributed by atoms with E-state index in [4.69, 9.17) is 0 Å². The van der Waals surface area contributed by atoms with Gasteiger partial charge in [0, 0.05) is 101 Å². The molecular weight excluding hydrogens is 1770 g/mol. The first-order chi connectivity index (χ1) is 72.4. The minimum atomic E-state index is 1.08. The van der Waals surface area contributed by atoms with Crippen LogP contribution in [0.3, 0.4) is 0 Å². The molecule has 6 heteroatoms. The molecule has 0 radical (unpaired) electrons. The molecule has 0 saturated carbocycles. The minimum absolute atomic E-state index is 1.08. The Morgan fingerprint density at radius 3 is 0.630 bits per heavy atom. The van der Waals surface area contributed by atoms with E-state index in [1.54, 1.807) is 0 Å². The summed E-state index contributed by atoms with van der Waals surface area (Å²) in [7, 11) is 0. The number of anilines is 12. The highest BCUT2D eigenvalue weighted by atomic mass is 15.2. The lowest BCUT2D eigenvalue weighted by molar-refractivity contribution is 1.18. The second kappa shape index (κ2) is 39.4. The van der Waals surface area contributed by atoms with Gasteiger partial charge in [0.1, 0.15) is 0 Å². The molecule has 26 aromatic rings. The Morgan fingerprint density at radius 2 is 0.322 bits per heavy atom. The van der Waals surface area contributed by atoms with Gasteiger partial charge in [0.15, 0.2) is 0 Å². The number of nitrogens with zero attached hydrogens (tertiary/aromatic N) is 6. The Balaban J connectivity index is 0.000000152. The highest BCUT2D eigenvalue weighted by Gasteiger charge is 2.26. The van der Waals surface area contributed by atoms with E-state index in [0.717, 1.165) is 90.8 Å². The summed E-state index contributed by atoms with van der Waals surface area (Å²) >= 11 is 0. The van der Waals surface area contributed by atoms with Crippen molar-refractivity contribution in [3.05, 3.63) is 595 Å². The maximum atomic E-state index is 2.43. The lowest BCUT2D eigenvalue weighted by Gasteiger charge is -2.28. The molecular formula is C140H98N6. The number of aromatic nitrogens is 2. The highest BCUT2D eigenvalue weighted by molar-refractivity contribution is 6.15. The van der Waals surface area contributed by atoms with E-state index in [2.05, 4.69) is 623 Å². The standard InChI is InChI=1S/2C70H49N3/c1-5-18-50(19-6-1)53-32-38-58(39-33-53)71(61-27-17-24-56(48-61)52-22-9-3-10-23-52)59-42-36-55(37-43-59)63-45-47-69(65-29-14-13-28-64(63)65)72(60-40-34-54(35-41-60)51-20-7-2-8-21-51)62-44-46-70-67(49-62)66-30-15-16-31-68(66)73(70)57-25-11-4-12-26-57;1-5-17-50(18-6-1)53-29-37-58(38-30-53)71(59-39-31-54(32-40-59)51-19-7-2-8-20-51)60-43-35-56(36-44-60)63-46-48-69(65-26-14-13-25-64(63)65)72(61-41-33-55(34-42-61)52-21-9-3-10-22-52)62-45-47-70-67(49-62)66-27-15-16-28-68(66)73(70)57-23-11-4-12-24-57/h2*1-49H. The van der Waals surface area contributed by atoms with E-state index in [0.29, 0.717) is 0 Å². The first kappa shape index (κ1) is 88.1. The summed E-state index contributed by atoms with van der Waals surface area (Å²) in [5.41, 5.74) is 39.0. The van der Waals surface area contributed by atoms with Gasteiger partial charge in [-0.1, -0.05) is 413 Å². The van der Waals surface area contributed by atoms with E-state index in [9.17, 15) is 0 Å². The monoisotopic (exact) mass is 1860 g/mol. The van der Waals surface area contributed by atoms with Crippen LogP contribution in [0.15, 0.2) is 595 Å². The number of hydrogen-bond acceptors (Lipinski definition) is 4. The number of benzene rings is 24. The van der Waals surface area contributed by atoms with Crippen LogP contribution in [0.5, 0.6) is 0 Å². The zero-order valence-corrected chi connectivity index (χ0v) is 80.3. The number of para-hydroxylation sites is 4. The molecule has 0 atom stereocenters. The zero-order valence-electron chi connectivity index (χ0n) is 80.3. The molecule has 0 amide bonds. The summed E-state index contributed by atoms with van der Waals surface area (Å²) in [6.07, 6.45) is 0. The number of hydrogen-bond donors (Lipinski definition) is 0. The van der Waals surface area contributed by atoms with E-state index in [-0.39, 0.29) is 0 Å². The van der Waals surface area contributed by atoms with E-state index in [1.165, 1.54) is 143 Å². The summed E-state index contributed by atoms with van der Waals surface area (Å²) in [5, 5.41) is 9.56. The molecule has 0 unspecified atom stereocenters. The largest absolute Gasteiger partial charge is 0.311 e. The smallest absolute Gasteiger partial charge is 0.0542 e. The first-order valence-electron chi connectivity index (χ1n) is 50.0. The summed E-state index contributed by atoms with van der Waals surface area (Å²) < 4.78 is 4.76. The summed E-state index contributed by atoms with van der Waals surface area (Å²) in [6, 6.07) is 215. The van der Waals surface area contributed by atoms with Crippen LogP contribution in [0.1, 0.15) is 0 Å². The van der Waals surface area contributed by atoms with Crippen LogP contribution in [0.25, 0.3) is 166 Å². The molecule has 688 valence electrons. The molecule has 2 aromatic heterocycles. The molecule has 26 rings (SSSR count). The van der Waals surface area contributed by atoms with Gasteiger partial charge in [0.05, 0.1) is 33.4 Å². The second-order valence-corrected chi connectivity index (χ2v) is 37.1. The van der Waals surface area contributed by atoms with Crippen LogP contribution in [-0.4, -0.2) is 9.13 Å². The minimum Gasteiger partial charge on any atom is -0.311 e. The summed E-state index contributed by atoms with van der Waals surface area (Å²) in [6.45, 7) is 0. The molecule has 0 fully saturated rings. The fourth-order valence-corrected chi connectivity index (χ4v) is 21.3. The highest BCUT2D eigenvalue weighted by Crippen LogP contribution is 2.50. The Labute approximate surface area is 850 Å². The quantitative estimate of drug-likeness (QED) is 0.0674. The Morgan fingerprint density at radius 1 is 0.110 bits per heavy atom. The van der Waals surface area contributed by atoms with Crippen molar-refractivity contribution in [1.82, 2.24) is 9.13 Å². The van der Waals surface area contributed by atoms with Gasteiger partial charge >= 0.3 is 0 Å². The van der Waals surface area contributed by atoms with Crippen molar-refractivity contribution < 1.29 is 0 Å². The van der Waals surface area contributed by atoms with Crippen LogP contribution >= 0.6 is 0 Å². The average molecular weight is 1860 g/mol. The topological polar surface area (TPSA) is 22.8 Å². The zero-order chi connectivity index (χ0) is 97.0. The predicted octanol–water partition coefficient (Wildman–Crippen LogP) is 39.1. The molecule has 0 aliphatic rings. The van der Waals surface area contributed by atoms with Crippen molar-refractivity contribution in [1.29, 1.82) is 0 Å². The van der Waals surface area contributed by atoms with E-state index >= 15 is 0 Å². The van der Waals surface area contributed by atoms with E-state index in [1.807, 2.05) is 0 Å². The van der Waals surface area contributed by atoms with Crippen LogP contribution in [0, 0.1) is 0 Å². The van der Waals surface area contributed by atoms with Gasteiger partial charge in [-0.15, -0.1) is 0 Å². The molecule has 0 aliphatic heterocycles. The molecule has 2 heterocycles. The number of rotatable bonds is 22. The molecule has 146 heavy (non-hydrogen) atoms. The van der Waals surface area contributed by atoms with E-state index < -0.39 is 0 Å². The second-order valence-electron chi connectivity index (χ2n) is 37.1. The molecule has 0 bridgehead atoms. The molecule has 6 nitrogen and oxygen atoms in total. The third kappa shape index (κ3) is 17.2. The number of fused-ring (bicyclic) bond motifs is 8. The molecule has 24 aromatic carbocycles. The van der Waals surface area contributed by atoms with Gasteiger partial charge in [-0.2, -0.15) is 0 Å². The van der Waals surface area contributed by atoms with Gasteiger partial charge in [-0.3, -0.25) is 0 Å². The van der Waals surface area contributed by atoms with Gasteiger partial charge < -0.3 is 28.7 Å². The van der Waals surface area contributed by atoms with Crippen molar-refractivity contribution in [2.75, 3.05) is 19.6 Å². The van der Waals surface area contributed by atoms with Crippen LogP contribution in [-0.2, 0) is 0 Å². The first-order valence-corrected chi connectivity index (χ1v) is 50.0. The Bertz CT molecular complexity index is 9040. The van der Waals surface area contributed by atoms with Gasteiger partial charge in [-0.05, 0) is 282 Å². The fourth-order valence-electron chi connectivity index (χ4n) is 21.3. The lowest BCUT2D eigenvalue weighted by Crippen LogP contribution is -2.11. The lowest BCUT2D eigenvalue weighted by atomic mass is 9.95. The van der Waals surface area contributed by atoms with Crippen LogP contribution in [0.4, 0.5) is 68.2 Å². The predicted molar refractivity (Wildman–Crippen MR) is 619 cm³/mol. The Kier molecular flexibility index (Phi) is 23.7. The summed E-state index contributed by atoms with van der Waals surface area (Å²) in [4.78, 5) is 9.58. The van der Waals surface area contributed by atoms with Crippen molar-refractivity contribution in [3.8, 4) is 100 Å². The normalized spacial score (nSPS) is 11.3. The van der Waals surface area contributed by atoms with Crippen molar-refractivity contribution >= 4 is 133 Å². The summed E-state index contributed by atoms with van der Waals surface area (Å²) in [5.74, 6) is 0. The molecule has 0 saturated heterocycles. The fraction of sp³-hybridized carbons (Fsp3) is 0. The van der Waals surface area contributed by atoms with Crippen LogP contribution < -0.4 is 19.6 Å². The van der Waals surface area contributed by atoms with Crippen LogP contribution in [0.2, 0.25) is 0 Å². The third-order valence-corrected chi connectivity index (χ3v) is 28.4. The SMILES string of the molecule is c1ccc(-c2ccc(N(c3ccc(-c4ccc(N(c5ccc(-c6ccccc6)cc5)c5ccc6c(c5)c5ccccc5n6-c5ccccc5)c5ccccc45)cc3)c3cccc(-c4ccccc4)c3)cc2)cc1.c1ccc(-c2ccc(N(c3ccc(-c4ccccc4)cc3)c3ccc(-c4ccc(N(c5ccc(-c6ccccc6)cc5)c5ccc6c(c5)c5ccccc5n6-c5ccccc5)c5ccccc45)cc3)cc2)cc1. The maximum Gasteiger partial charge on any atom is 0.0542 e. The van der Waals surface area contributed by atoms with Crippen molar-refractivity contribution in [3.63, 3.8) is 0 Å².